The molecule has 3 atom stereocenters. The number of hydrogen-bond donors (Lipinski definition) is 0. The minimum absolute atomic E-state index is 0.0737. The summed E-state index contributed by atoms with van der Waals surface area (Å²) in [6.07, 6.45) is 3.27. The van der Waals surface area contributed by atoms with E-state index in [0.29, 0.717) is 11.3 Å². The molecule has 6 rings (SSSR count). The summed E-state index contributed by atoms with van der Waals surface area (Å²) in [5.41, 5.74) is 7.16. The van der Waals surface area contributed by atoms with E-state index in [1.54, 1.807) is 14.2 Å². The normalized spacial score (nSPS) is 17.9. The van der Waals surface area contributed by atoms with E-state index in [9.17, 15) is 0 Å². The van der Waals surface area contributed by atoms with Gasteiger partial charge in [0.1, 0.15) is 22.7 Å². The summed E-state index contributed by atoms with van der Waals surface area (Å²) in [4.78, 5) is 0. The molecule has 48 heavy (non-hydrogen) atoms. The summed E-state index contributed by atoms with van der Waals surface area (Å²) in [6.45, 7) is 15.4. The number of methoxy groups -OCH3 is 2. The predicted octanol–water partition coefficient (Wildman–Crippen LogP) is 12.5. The summed E-state index contributed by atoms with van der Waals surface area (Å²) >= 11 is 0. The molecule has 1 saturated heterocycles. The zero-order valence-electron chi connectivity index (χ0n) is 29.9. The molecule has 0 saturated carbocycles. The molecule has 0 N–H and O–H groups in total. The molecule has 0 unspecified atom stereocenters. The van der Waals surface area contributed by atoms with Crippen LogP contribution in [-0.2, 0) is 10.8 Å². The fourth-order valence-corrected chi connectivity index (χ4v) is 12.0. The monoisotopic (exact) mass is 684 g/mol. The summed E-state index contributed by atoms with van der Waals surface area (Å²) < 4.78 is 32.5. The maximum Gasteiger partial charge on any atom is 0.387 e. The van der Waals surface area contributed by atoms with E-state index in [1.165, 1.54) is 24.0 Å². The molecule has 1 aliphatic rings. The van der Waals surface area contributed by atoms with Crippen molar-refractivity contribution in [1.29, 1.82) is 0 Å². The molecule has 1 aromatic heterocycles. The van der Waals surface area contributed by atoms with E-state index >= 15 is 0 Å². The van der Waals surface area contributed by atoms with Gasteiger partial charge in [-0.15, -0.1) is 0 Å². The van der Waals surface area contributed by atoms with E-state index in [0.717, 1.165) is 50.7 Å². The van der Waals surface area contributed by atoms with E-state index in [2.05, 4.69) is 133 Å². The second-order valence-electron chi connectivity index (χ2n) is 15.1. The summed E-state index contributed by atoms with van der Waals surface area (Å²) in [5, 5.41) is 1.85. The van der Waals surface area contributed by atoms with Crippen LogP contribution in [0.1, 0.15) is 94.9 Å². The third kappa shape index (κ3) is 7.20. The Balaban J connectivity index is 1.50. The van der Waals surface area contributed by atoms with Gasteiger partial charge in [-0.1, -0.05) is 110 Å². The van der Waals surface area contributed by atoms with Gasteiger partial charge >= 0.3 is 8.24 Å². The molecule has 7 heteroatoms. The molecule has 0 radical (unpaired) electrons. The second kappa shape index (κ2) is 13.9. The van der Waals surface area contributed by atoms with Crippen LogP contribution in [0.2, 0.25) is 0 Å². The van der Waals surface area contributed by atoms with E-state index in [-0.39, 0.29) is 16.9 Å². The SMILES string of the molecule is COc1cc(C(C)(C)C)c2op(O[C@H](C)CP3[C@@H](c4ccccc4)CC[C@@H]3c3ccccc3)oc3c(C(C)(C)C)cc(OC)cc3c2c1. The molecule has 0 spiro atoms. The summed E-state index contributed by atoms with van der Waals surface area (Å²) in [7, 11) is 1.20. The first-order chi connectivity index (χ1) is 22.9. The minimum Gasteiger partial charge on any atom is -0.497 e. The Hall–Kier alpha value is -3.23. The molecule has 4 aromatic carbocycles. The first-order valence-corrected chi connectivity index (χ1v) is 19.8. The van der Waals surface area contributed by atoms with Gasteiger partial charge in [0.25, 0.3) is 0 Å². The van der Waals surface area contributed by atoms with Gasteiger partial charge in [-0.2, -0.15) is 0 Å². The molecular weight excluding hydrogens is 634 g/mol. The van der Waals surface area contributed by atoms with E-state index < -0.39 is 16.2 Å². The number of rotatable bonds is 8. The van der Waals surface area contributed by atoms with Crippen LogP contribution in [0.5, 0.6) is 11.5 Å². The Morgan fingerprint density at radius 3 is 1.46 bits per heavy atom. The molecule has 0 aliphatic carbocycles. The Kier molecular flexibility index (Phi) is 10.1. The van der Waals surface area contributed by atoms with Crippen molar-refractivity contribution in [2.45, 2.75) is 89.6 Å². The van der Waals surface area contributed by atoms with Gasteiger partial charge in [0, 0.05) is 33.2 Å². The van der Waals surface area contributed by atoms with Crippen molar-refractivity contribution in [3.63, 3.8) is 0 Å². The predicted molar refractivity (Wildman–Crippen MR) is 202 cm³/mol. The van der Waals surface area contributed by atoms with Crippen LogP contribution < -0.4 is 14.0 Å². The third-order valence-corrected chi connectivity index (χ3v) is 14.3. The van der Waals surface area contributed by atoms with Gasteiger partial charge in [-0.25, -0.2) is 0 Å². The maximum absolute atomic E-state index is 6.94. The highest BCUT2D eigenvalue weighted by Crippen LogP contribution is 2.70. The molecule has 254 valence electrons. The lowest BCUT2D eigenvalue weighted by Crippen LogP contribution is -2.16. The van der Waals surface area contributed by atoms with Gasteiger partial charge < -0.3 is 17.9 Å². The van der Waals surface area contributed by atoms with Gasteiger partial charge in [0.15, 0.2) is 0 Å². The minimum atomic E-state index is -1.79. The van der Waals surface area contributed by atoms with Crippen LogP contribution >= 0.6 is 16.2 Å². The highest BCUT2D eigenvalue weighted by Gasteiger charge is 2.38. The van der Waals surface area contributed by atoms with Crippen LogP contribution in [-0.4, -0.2) is 26.5 Å². The standard InChI is InChI=1S/C41H50O5P2/c1-27(26-47-36(28-16-12-10-13-17-28)20-21-37(47)29-18-14-11-15-19-29)44-48-45-38-32(22-30(42-8)24-34(38)40(2,3)4)33-23-31(43-9)25-35(39(33)46-48)41(5,6)7/h10-19,22-25,27,36-37H,20-21,26H2,1-9H3/t27-,36-,37-/m1/s1. The first-order valence-electron chi connectivity index (χ1n) is 17.0. The molecule has 0 bridgehead atoms. The fourth-order valence-electron chi connectivity index (χ4n) is 7.03. The van der Waals surface area contributed by atoms with Crippen molar-refractivity contribution in [3.05, 3.63) is 107 Å². The van der Waals surface area contributed by atoms with Gasteiger partial charge in [-0.05, 0) is 72.1 Å². The molecular formula is C41H50O5P2. The van der Waals surface area contributed by atoms with Crippen molar-refractivity contribution >= 4 is 38.1 Å². The van der Waals surface area contributed by atoms with Gasteiger partial charge in [0.05, 0.1) is 20.3 Å². The van der Waals surface area contributed by atoms with Crippen molar-refractivity contribution in [3.8, 4) is 11.5 Å². The molecule has 1 fully saturated rings. The van der Waals surface area contributed by atoms with E-state index in [1.807, 2.05) is 0 Å². The smallest absolute Gasteiger partial charge is 0.387 e. The van der Waals surface area contributed by atoms with Crippen molar-refractivity contribution in [2.75, 3.05) is 20.4 Å². The van der Waals surface area contributed by atoms with Crippen molar-refractivity contribution in [1.82, 2.24) is 0 Å². The summed E-state index contributed by atoms with van der Waals surface area (Å²) in [6, 6.07) is 30.4. The average molecular weight is 685 g/mol. The fraction of sp³-hybridized carbons (Fsp3) is 0.415. The molecule has 0 amide bonds. The Morgan fingerprint density at radius 2 is 1.08 bits per heavy atom. The zero-order chi connectivity index (χ0) is 34.2. The van der Waals surface area contributed by atoms with Crippen molar-refractivity contribution in [2.24, 2.45) is 0 Å². The quantitative estimate of drug-likeness (QED) is 0.152. The lowest BCUT2D eigenvalue weighted by Gasteiger charge is -2.28. The number of benzene rings is 4. The largest absolute Gasteiger partial charge is 0.497 e. The van der Waals surface area contributed by atoms with Gasteiger partial charge in [-0.3, -0.25) is 4.52 Å². The molecule has 1 aliphatic heterocycles. The van der Waals surface area contributed by atoms with Crippen LogP contribution in [0, 0.1) is 0 Å². The molecule has 5 aromatic rings. The second-order valence-corrected chi connectivity index (χ2v) is 18.7. The molecule has 5 nitrogen and oxygen atoms in total. The van der Waals surface area contributed by atoms with Crippen LogP contribution in [0.3, 0.4) is 0 Å². The van der Waals surface area contributed by atoms with Crippen LogP contribution in [0.25, 0.3) is 21.9 Å². The topological polar surface area (TPSA) is 54.0 Å². The Labute approximate surface area is 288 Å². The highest BCUT2D eigenvalue weighted by atomic mass is 31.1. The highest BCUT2D eigenvalue weighted by molar-refractivity contribution is 7.58. The first kappa shape index (κ1) is 34.6. The third-order valence-electron chi connectivity index (χ3n) is 9.45. The zero-order valence-corrected chi connectivity index (χ0v) is 31.7. The lowest BCUT2D eigenvalue weighted by molar-refractivity contribution is 0.302. The van der Waals surface area contributed by atoms with Gasteiger partial charge in [0.2, 0.25) is 0 Å². The maximum atomic E-state index is 6.94. The number of ether oxygens (including phenoxy) is 2. The van der Waals surface area contributed by atoms with E-state index in [4.69, 9.17) is 22.4 Å². The Morgan fingerprint density at radius 1 is 0.667 bits per heavy atom. The lowest BCUT2D eigenvalue weighted by atomic mass is 9.84. The summed E-state index contributed by atoms with van der Waals surface area (Å²) in [5.74, 6) is 1.55. The molecule has 2 heterocycles. The average Bonchev–Trinajstić information content (AvgIpc) is 3.40. The Bertz CT molecular complexity index is 1770. The number of hydrogen-bond acceptors (Lipinski definition) is 5. The van der Waals surface area contributed by atoms with Crippen molar-refractivity contribution < 1.29 is 22.4 Å². The van der Waals surface area contributed by atoms with Crippen LogP contribution in [0.15, 0.2) is 93.3 Å². The van der Waals surface area contributed by atoms with Crippen LogP contribution in [0.4, 0.5) is 0 Å². The number of fused-ring (bicyclic) bond motifs is 3.